The molecule has 2 nitrogen and oxygen atoms in total. The van der Waals surface area contributed by atoms with Crippen LogP contribution in [0.1, 0.15) is 25.3 Å². The van der Waals surface area contributed by atoms with Crippen LogP contribution in [-0.2, 0) is 6.54 Å². The van der Waals surface area contributed by atoms with Gasteiger partial charge in [-0.25, -0.2) is 4.39 Å². The molecule has 0 aliphatic rings. The van der Waals surface area contributed by atoms with Crippen LogP contribution in [0.2, 0.25) is 0 Å². The van der Waals surface area contributed by atoms with Crippen LogP contribution in [-0.4, -0.2) is 6.61 Å². The Hall–Kier alpha value is -2.03. The first-order chi connectivity index (χ1) is 9.78. The van der Waals surface area contributed by atoms with Crippen molar-refractivity contribution in [1.82, 2.24) is 0 Å². The monoisotopic (exact) mass is 273 g/mol. The molecule has 0 aliphatic carbocycles. The summed E-state index contributed by atoms with van der Waals surface area (Å²) in [6, 6.07) is 14.4. The number of benzene rings is 2. The van der Waals surface area contributed by atoms with Gasteiger partial charge in [0.15, 0.2) is 0 Å². The van der Waals surface area contributed by atoms with E-state index >= 15 is 0 Å². The zero-order valence-electron chi connectivity index (χ0n) is 11.7. The molecule has 0 atom stereocenters. The van der Waals surface area contributed by atoms with Crippen molar-refractivity contribution in [3.05, 3.63) is 59.9 Å². The highest BCUT2D eigenvalue weighted by molar-refractivity contribution is 5.44. The molecule has 0 aliphatic heterocycles. The average molecular weight is 273 g/mol. The van der Waals surface area contributed by atoms with Gasteiger partial charge in [-0.2, -0.15) is 0 Å². The average Bonchev–Trinajstić information content (AvgIpc) is 2.47. The Bertz CT molecular complexity index is 525. The van der Waals surface area contributed by atoms with Crippen LogP contribution in [0.25, 0.3) is 0 Å². The van der Waals surface area contributed by atoms with Crippen LogP contribution >= 0.6 is 0 Å². The summed E-state index contributed by atoms with van der Waals surface area (Å²) < 4.78 is 18.5. The predicted molar refractivity (Wildman–Crippen MR) is 80.6 cm³/mol. The fourth-order valence-electron chi connectivity index (χ4n) is 1.85. The van der Waals surface area contributed by atoms with Gasteiger partial charge in [0, 0.05) is 12.2 Å². The first-order valence-electron chi connectivity index (χ1n) is 6.99. The molecule has 0 spiro atoms. The molecule has 2 aromatic rings. The minimum atomic E-state index is -0.220. The lowest BCUT2D eigenvalue weighted by Crippen LogP contribution is -2.01. The van der Waals surface area contributed by atoms with Crippen LogP contribution in [0, 0.1) is 5.82 Å². The Labute approximate surface area is 119 Å². The number of rotatable bonds is 7. The number of halogens is 1. The maximum absolute atomic E-state index is 12.8. The van der Waals surface area contributed by atoms with Gasteiger partial charge in [0.1, 0.15) is 11.6 Å². The molecule has 2 rings (SSSR count). The van der Waals surface area contributed by atoms with E-state index in [1.165, 1.54) is 12.1 Å². The minimum absolute atomic E-state index is 0.220. The van der Waals surface area contributed by atoms with Crippen molar-refractivity contribution in [2.75, 3.05) is 11.9 Å². The lowest BCUT2D eigenvalue weighted by atomic mass is 10.2. The summed E-state index contributed by atoms with van der Waals surface area (Å²) in [5.74, 6) is 0.679. The third-order valence-electron chi connectivity index (χ3n) is 3.01. The first kappa shape index (κ1) is 14.4. The summed E-state index contributed by atoms with van der Waals surface area (Å²) in [4.78, 5) is 0. The van der Waals surface area contributed by atoms with Gasteiger partial charge in [0.2, 0.25) is 0 Å². The van der Waals surface area contributed by atoms with E-state index in [0.717, 1.165) is 36.4 Å². The van der Waals surface area contributed by atoms with Gasteiger partial charge in [0.25, 0.3) is 0 Å². The Kier molecular flexibility index (Phi) is 5.42. The van der Waals surface area contributed by atoms with Gasteiger partial charge < -0.3 is 10.1 Å². The molecule has 106 valence electrons. The maximum Gasteiger partial charge on any atom is 0.123 e. The molecular formula is C17H20FNO. The summed E-state index contributed by atoms with van der Waals surface area (Å²) in [5.41, 5.74) is 2.05. The quantitative estimate of drug-likeness (QED) is 0.743. The van der Waals surface area contributed by atoms with Gasteiger partial charge in [-0.1, -0.05) is 25.5 Å². The summed E-state index contributed by atoms with van der Waals surface area (Å²) in [6.45, 7) is 3.59. The van der Waals surface area contributed by atoms with Crippen molar-refractivity contribution in [3.63, 3.8) is 0 Å². The lowest BCUT2D eigenvalue weighted by Gasteiger charge is -2.09. The molecule has 0 aromatic heterocycles. The predicted octanol–water partition coefficient (Wildman–Crippen LogP) is 4.62. The van der Waals surface area contributed by atoms with Crippen LogP contribution < -0.4 is 10.1 Å². The molecule has 0 fully saturated rings. The van der Waals surface area contributed by atoms with Crippen molar-refractivity contribution in [2.24, 2.45) is 0 Å². The molecule has 0 saturated heterocycles. The van der Waals surface area contributed by atoms with E-state index in [4.69, 9.17) is 4.74 Å². The van der Waals surface area contributed by atoms with E-state index in [9.17, 15) is 4.39 Å². The largest absolute Gasteiger partial charge is 0.494 e. The number of ether oxygens (including phenoxy) is 1. The molecule has 0 heterocycles. The summed E-state index contributed by atoms with van der Waals surface area (Å²) >= 11 is 0. The number of hydrogen-bond acceptors (Lipinski definition) is 2. The standard InChI is InChI=1S/C17H20FNO/c1-2-3-11-20-17-6-4-5-14(12-17)13-19-16-9-7-15(18)8-10-16/h4-10,12,19H,2-3,11,13H2,1H3. The number of nitrogens with one attached hydrogen (secondary N) is 1. The zero-order chi connectivity index (χ0) is 14.2. The zero-order valence-corrected chi connectivity index (χ0v) is 11.7. The molecule has 1 N–H and O–H groups in total. The molecule has 0 radical (unpaired) electrons. The van der Waals surface area contributed by atoms with E-state index in [0.29, 0.717) is 6.54 Å². The third-order valence-corrected chi connectivity index (χ3v) is 3.01. The number of unbranched alkanes of at least 4 members (excludes halogenated alkanes) is 1. The van der Waals surface area contributed by atoms with E-state index in [1.54, 1.807) is 12.1 Å². The Balaban J connectivity index is 1.89. The van der Waals surface area contributed by atoms with Crippen LogP contribution in [0.3, 0.4) is 0 Å². The molecule has 0 saturated carbocycles. The number of hydrogen-bond donors (Lipinski definition) is 1. The fraction of sp³-hybridized carbons (Fsp3) is 0.294. The first-order valence-corrected chi connectivity index (χ1v) is 6.99. The van der Waals surface area contributed by atoms with Gasteiger partial charge in [-0.15, -0.1) is 0 Å². The van der Waals surface area contributed by atoms with E-state index in [2.05, 4.69) is 12.2 Å². The van der Waals surface area contributed by atoms with Gasteiger partial charge in [-0.05, 0) is 48.4 Å². The summed E-state index contributed by atoms with van der Waals surface area (Å²) in [6.07, 6.45) is 2.20. The molecule has 20 heavy (non-hydrogen) atoms. The maximum atomic E-state index is 12.8. The molecule has 0 bridgehead atoms. The minimum Gasteiger partial charge on any atom is -0.494 e. The SMILES string of the molecule is CCCCOc1cccc(CNc2ccc(F)cc2)c1. The highest BCUT2D eigenvalue weighted by atomic mass is 19.1. The van der Waals surface area contributed by atoms with Gasteiger partial charge >= 0.3 is 0 Å². The van der Waals surface area contributed by atoms with Crippen LogP contribution in [0.15, 0.2) is 48.5 Å². The topological polar surface area (TPSA) is 21.3 Å². The molecular weight excluding hydrogens is 253 g/mol. The van der Waals surface area contributed by atoms with Gasteiger partial charge in [-0.3, -0.25) is 0 Å². The molecule has 0 unspecified atom stereocenters. The number of anilines is 1. The lowest BCUT2D eigenvalue weighted by molar-refractivity contribution is 0.309. The van der Waals surface area contributed by atoms with E-state index in [-0.39, 0.29) is 5.82 Å². The van der Waals surface area contributed by atoms with Crippen molar-refractivity contribution < 1.29 is 9.13 Å². The smallest absolute Gasteiger partial charge is 0.123 e. The summed E-state index contributed by atoms with van der Waals surface area (Å²) in [7, 11) is 0. The molecule has 0 amide bonds. The second-order valence-corrected chi connectivity index (χ2v) is 4.71. The normalized spacial score (nSPS) is 10.3. The van der Waals surface area contributed by atoms with E-state index in [1.807, 2.05) is 24.3 Å². The molecule has 2 aromatic carbocycles. The van der Waals surface area contributed by atoms with Crippen molar-refractivity contribution >= 4 is 5.69 Å². The van der Waals surface area contributed by atoms with Crippen molar-refractivity contribution in [1.29, 1.82) is 0 Å². The van der Waals surface area contributed by atoms with E-state index < -0.39 is 0 Å². The van der Waals surface area contributed by atoms with Crippen molar-refractivity contribution in [3.8, 4) is 5.75 Å². The Morgan fingerprint density at radius 1 is 1.10 bits per heavy atom. The molecule has 3 heteroatoms. The summed E-state index contributed by atoms with van der Waals surface area (Å²) in [5, 5.41) is 3.26. The second-order valence-electron chi connectivity index (χ2n) is 4.71. The Morgan fingerprint density at radius 3 is 2.65 bits per heavy atom. The van der Waals surface area contributed by atoms with Crippen LogP contribution in [0.5, 0.6) is 5.75 Å². The fourth-order valence-corrected chi connectivity index (χ4v) is 1.85. The second kappa shape index (κ2) is 7.53. The third kappa shape index (κ3) is 4.57. The highest BCUT2D eigenvalue weighted by Gasteiger charge is 1.98. The van der Waals surface area contributed by atoms with Crippen LogP contribution in [0.4, 0.5) is 10.1 Å². The van der Waals surface area contributed by atoms with Crippen molar-refractivity contribution in [2.45, 2.75) is 26.3 Å². The Morgan fingerprint density at radius 2 is 1.90 bits per heavy atom. The highest BCUT2D eigenvalue weighted by Crippen LogP contribution is 2.16. The van der Waals surface area contributed by atoms with Gasteiger partial charge in [0.05, 0.1) is 6.61 Å².